The van der Waals surface area contributed by atoms with E-state index < -0.39 is 5.41 Å². The molecule has 0 saturated carbocycles. The predicted molar refractivity (Wildman–Crippen MR) is 274 cm³/mol. The van der Waals surface area contributed by atoms with Gasteiger partial charge >= 0.3 is 0 Å². The monoisotopic (exact) mass is 840 g/mol. The summed E-state index contributed by atoms with van der Waals surface area (Å²) in [4.78, 5) is 5.13. The summed E-state index contributed by atoms with van der Waals surface area (Å²) in [7, 11) is 0. The van der Waals surface area contributed by atoms with E-state index in [1.165, 1.54) is 121 Å². The highest BCUT2D eigenvalue weighted by atomic mass is 32.1. The van der Waals surface area contributed by atoms with Crippen molar-refractivity contribution in [2.75, 3.05) is 9.80 Å². The number of benzene rings is 8. The molecule has 308 valence electrons. The Morgan fingerprint density at radius 3 is 1.72 bits per heavy atom. The highest BCUT2D eigenvalue weighted by Gasteiger charge is 2.53. The molecular weight excluding hydrogens is 792 g/mol. The molecule has 8 aromatic carbocycles. The van der Waals surface area contributed by atoms with Crippen LogP contribution >= 0.6 is 11.3 Å². The molecule has 0 N–H and O–H groups in total. The maximum Gasteiger partial charge on any atom is 0.264 e. The van der Waals surface area contributed by atoms with Gasteiger partial charge in [-0.1, -0.05) is 157 Å². The van der Waals surface area contributed by atoms with Crippen LogP contribution in [0, 0.1) is 6.92 Å². The molecular formula is C60H49BN2S. The molecule has 0 amide bonds. The zero-order valence-electron chi connectivity index (χ0n) is 37.5. The summed E-state index contributed by atoms with van der Waals surface area (Å²) < 4.78 is 2.73. The van der Waals surface area contributed by atoms with Crippen LogP contribution in [0.3, 0.4) is 0 Å². The van der Waals surface area contributed by atoms with Gasteiger partial charge < -0.3 is 9.80 Å². The summed E-state index contributed by atoms with van der Waals surface area (Å²) in [5.41, 5.74) is 24.7. The number of nitrogens with zero attached hydrogens (tertiary/aromatic N) is 2. The number of para-hydroxylation sites is 2. The molecule has 0 atom stereocenters. The Balaban J connectivity index is 1.12. The molecule has 2 nitrogen and oxygen atoms in total. The van der Waals surface area contributed by atoms with Gasteiger partial charge in [0.1, 0.15) is 0 Å². The summed E-state index contributed by atoms with van der Waals surface area (Å²) in [5.74, 6) is 0. The van der Waals surface area contributed by atoms with E-state index in [2.05, 4.69) is 228 Å². The third kappa shape index (κ3) is 4.98. The Kier molecular flexibility index (Phi) is 7.69. The van der Waals surface area contributed by atoms with Crippen molar-refractivity contribution in [1.29, 1.82) is 0 Å². The third-order valence-corrected chi connectivity index (χ3v) is 16.0. The molecule has 0 saturated heterocycles. The largest absolute Gasteiger partial charge is 0.311 e. The first-order chi connectivity index (χ1) is 30.9. The molecule has 0 fully saturated rings. The Labute approximate surface area is 381 Å². The van der Waals surface area contributed by atoms with Gasteiger partial charge in [0.2, 0.25) is 0 Å². The van der Waals surface area contributed by atoms with Gasteiger partial charge in [-0.2, -0.15) is 0 Å². The fourth-order valence-electron chi connectivity index (χ4n) is 11.9. The van der Waals surface area contributed by atoms with E-state index in [1.54, 1.807) is 0 Å². The van der Waals surface area contributed by atoms with Crippen molar-refractivity contribution in [2.45, 2.75) is 64.7 Å². The molecule has 9 aromatic rings. The van der Waals surface area contributed by atoms with Crippen molar-refractivity contribution >= 4 is 78.0 Å². The van der Waals surface area contributed by atoms with Crippen molar-refractivity contribution in [2.24, 2.45) is 0 Å². The van der Waals surface area contributed by atoms with Gasteiger partial charge in [-0.3, -0.25) is 0 Å². The highest BCUT2D eigenvalue weighted by molar-refractivity contribution is 7.33. The maximum atomic E-state index is 2.61. The minimum atomic E-state index is -0.426. The lowest BCUT2D eigenvalue weighted by Crippen LogP contribution is -2.60. The van der Waals surface area contributed by atoms with Crippen molar-refractivity contribution in [3.05, 3.63) is 209 Å². The van der Waals surface area contributed by atoms with E-state index in [4.69, 9.17) is 0 Å². The van der Waals surface area contributed by atoms with Gasteiger partial charge in [0.25, 0.3) is 6.71 Å². The van der Waals surface area contributed by atoms with Crippen LogP contribution in [0.15, 0.2) is 170 Å². The van der Waals surface area contributed by atoms with Crippen LogP contribution in [-0.2, 0) is 16.2 Å². The van der Waals surface area contributed by atoms with Crippen LogP contribution in [0.1, 0.15) is 80.5 Å². The fourth-order valence-corrected chi connectivity index (χ4v) is 13.2. The standard InChI is InChI=1S/C60H49BN2S/c1-36-31-52-55-53(32-36)63(39-17-9-8-10-18-39)56-45-34-44-43-30-27-38(59(5,6)7)33-48(43)60(46-21-13-11-19-41(46)42-20-12-14-22-47(42)60)49(44)35-54(45)64-57(56)61(55)50-23-15-16-24-51(50)62(52)40-28-25-37(26-29-40)58(2,3)4/h8-35H,1-7H3. The van der Waals surface area contributed by atoms with E-state index in [9.17, 15) is 0 Å². The molecule has 0 radical (unpaired) electrons. The molecule has 2 aliphatic carbocycles. The Hall–Kier alpha value is -6.62. The second-order valence-corrected chi connectivity index (χ2v) is 21.7. The first-order valence-electron chi connectivity index (χ1n) is 22.9. The fraction of sp³-hybridized carbons (Fsp3) is 0.167. The lowest BCUT2D eigenvalue weighted by Gasteiger charge is -2.43. The molecule has 0 bridgehead atoms. The Morgan fingerprint density at radius 2 is 1.03 bits per heavy atom. The number of thiophene rings is 1. The Morgan fingerprint density at radius 1 is 0.469 bits per heavy atom. The van der Waals surface area contributed by atoms with E-state index in [-0.39, 0.29) is 17.5 Å². The quantitative estimate of drug-likeness (QED) is 0.160. The minimum absolute atomic E-state index is 0.00433. The average Bonchev–Trinajstić information content (AvgIpc) is 3.91. The van der Waals surface area contributed by atoms with Crippen LogP contribution in [0.25, 0.3) is 32.3 Å². The molecule has 0 unspecified atom stereocenters. The lowest BCUT2D eigenvalue weighted by atomic mass is 9.36. The second-order valence-electron chi connectivity index (χ2n) is 20.6. The zero-order chi connectivity index (χ0) is 43.4. The predicted octanol–water partition coefficient (Wildman–Crippen LogP) is 14.2. The summed E-state index contributed by atoms with van der Waals surface area (Å²) in [6.07, 6.45) is 0. The van der Waals surface area contributed by atoms with Crippen molar-refractivity contribution in [3.8, 4) is 22.3 Å². The summed E-state index contributed by atoms with van der Waals surface area (Å²) in [6.45, 7) is 16.2. The molecule has 2 aliphatic heterocycles. The summed E-state index contributed by atoms with van der Waals surface area (Å²) >= 11 is 2.00. The topological polar surface area (TPSA) is 6.48 Å². The van der Waals surface area contributed by atoms with Gasteiger partial charge in [-0.05, 0) is 144 Å². The number of rotatable bonds is 2. The highest BCUT2D eigenvalue weighted by Crippen LogP contribution is 2.64. The van der Waals surface area contributed by atoms with Gasteiger partial charge in [0, 0.05) is 43.3 Å². The van der Waals surface area contributed by atoms with Crippen LogP contribution < -0.4 is 25.5 Å². The van der Waals surface area contributed by atoms with Gasteiger partial charge in [0.15, 0.2) is 0 Å². The molecule has 64 heavy (non-hydrogen) atoms. The number of anilines is 6. The normalized spacial score (nSPS) is 14.8. The SMILES string of the molecule is Cc1cc2c3c(c1)N(c1ccccc1)c1c(sc4cc5c(cc14)-c1ccc(C(C)(C)C)cc1C51c4ccccc4-c4ccccc41)B3c1ccccc1N2c1ccc(C(C)(C)C)cc1. The molecule has 4 heteroatoms. The molecule has 13 rings (SSSR count). The van der Waals surface area contributed by atoms with E-state index in [0.717, 1.165) is 0 Å². The van der Waals surface area contributed by atoms with Gasteiger partial charge in [-0.25, -0.2) is 0 Å². The third-order valence-electron chi connectivity index (χ3n) is 14.8. The number of fused-ring (bicyclic) bond motifs is 16. The number of aryl methyl sites for hydroxylation is 1. The number of hydrogen-bond donors (Lipinski definition) is 0. The maximum absolute atomic E-state index is 2.61. The van der Waals surface area contributed by atoms with Crippen molar-refractivity contribution < 1.29 is 0 Å². The van der Waals surface area contributed by atoms with E-state index >= 15 is 0 Å². The summed E-state index contributed by atoms with van der Waals surface area (Å²) in [6, 6.07) is 65.4. The smallest absolute Gasteiger partial charge is 0.264 e. The lowest BCUT2D eigenvalue weighted by molar-refractivity contribution is 0.588. The van der Waals surface area contributed by atoms with Crippen LogP contribution in [0.4, 0.5) is 34.1 Å². The average molecular weight is 841 g/mol. The minimum Gasteiger partial charge on any atom is -0.311 e. The molecule has 3 heterocycles. The number of hydrogen-bond acceptors (Lipinski definition) is 3. The summed E-state index contributed by atoms with van der Waals surface area (Å²) in [5, 5.41) is 1.32. The first-order valence-corrected chi connectivity index (χ1v) is 23.7. The first kappa shape index (κ1) is 37.9. The zero-order valence-corrected chi connectivity index (χ0v) is 38.4. The van der Waals surface area contributed by atoms with Crippen LogP contribution in [0.5, 0.6) is 0 Å². The second kappa shape index (κ2) is 13.0. The van der Waals surface area contributed by atoms with Crippen molar-refractivity contribution in [1.82, 2.24) is 0 Å². The molecule has 1 spiro atoms. The van der Waals surface area contributed by atoms with Crippen molar-refractivity contribution in [3.63, 3.8) is 0 Å². The van der Waals surface area contributed by atoms with Gasteiger partial charge in [-0.15, -0.1) is 11.3 Å². The van der Waals surface area contributed by atoms with Crippen LogP contribution in [0.2, 0.25) is 0 Å². The van der Waals surface area contributed by atoms with E-state index in [0.29, 0.717) is 0 Å². The Bertz CT molecular complexity index is 3390. The molecule has 4 aliphatic rings. The van der Waals surface area contributed by atoms with Gasteiger partial charge in [0.05, 0.1) is 11.1 Å². The van der Waals surface area contributed by atoms with E-state index in [1.807, 2.05) is 11.3 Å². The molecule has 1 aromatic heterocycles. The van der Waals surface area contributed by atoms with Crippen LogP contribution in [-0.4, -0.2) is 6.71 Å².